The van der Waals surface area contributed by atoms with Crippen LogP contribution in [0.2, 0.25) is 5.02 Å². The minimum absolute atomic E-state index is 0.0215. The van der Waals surface area contributed by atoms with Gasteiger partial charge < -0.3 is 19.9 Å². The van der Waals surface area contributed by atoms with Crippen LogP contribution in [0.25, 0.3) is 0 Å². The molecule has 0 aliphatic rings. The maximum atomic E-state index is 11.5. The molecule has 0 saturated carbocycles. The molecule has 2 N–H and O–H groups in total. The molecule has 20 heavy (non-hydrogen) atoms. The molecule has 112 valence electrons. The molecular formula is C14H20ClNO4. The Bertz CT molecular complexity index is 428. The van der Waals surface area contributed by atoms with E-state index in [9.17, 15) is 4.79 Å². The Balaban J connectivity index is 2.30. The fourth-order valence-electron chi connectivity index (χ4n) is 1.62. The number of amides is 1. The summed E-state index contributed by atoms with van der Waals surface area (Å²) in [6.45, 7) is 4.73. The Morgan fingerprint density at radius 2 is 1.95 bits per heavy atom. The van der Waals surface area contributed by atoms with Crippen molar-refractivity contribution in [2.75, 3.05) is 33.0 Å². The van der Waals surface area contributed by atoms with Gasteiger partial charge in [-0.05, 0) is 37.1 Å². The third-order valence-corrected chi connectivity index (χ3v) is 3.18. The summed E-state index contributed by atoms with van der Waals surface area (Å²) >= 11 is 6.06. The van der Waals surface area contributed by atoms with Crippen LogP contribution < -0.4 is 10.1 Å². The molecule has 1 aromatic carbocycles. The molecule has 0 radical (unpaired) electrons. The highest BCUT2D eigenvalue weighted by molar-refractivity contribution is 6.32. The summed E-state index contributed by atoms with van der Waals surface area (Å²) in [5.41, 5.74) is 1.83. The highest BCUT2D eigenvalue weighted by Gasteiger charge is 2.06. The van der Waals surface area contributed by atoms with Crippen LogP contribution in [0.4, 0.5) is 0 Å². The van der Waals surface area contributed by atoms with Gasteiger partial charge in [-0.3, -0.25) is 4.79 Å². The Kier molecular flexibility index (Phi) is 7.36. The summed E-state index contributed by atoms with van der Waals surface area (Å²) in [5, 5.41) is 11.9. The van der Waals surface area contributed by atoms with E-state index in [1.807, 2.05) is 13.8 Å². The van der Waals surface area contributed by atoms with Crippen molar-refractivity contribution in [3.63, 3.8) is 0 Å². The second kappa shape index (κ2) is 8.79. The summed E-state index contributed by atoms with van der Waals surface area (Å²) in [6, 6.07) is 3.60. The predicted octanol–water partition coefficient (Wildman–Crippen LogP) is 1.46. The molecule has 0 aliphatic carbocycles. The van der Waals surface area contributed by atoms with Crippen molar-refractivity contribution in [3.05, 3.63) is 28.3 Å². The quantitative estimate of drug-likeness (QED) is 0.713. The molecule has 0 bridgehead atoms. The monoisotopic (exact) mass is 301 g/mol. The first-order chi connectivity index (χ1) is 9.54. The molecule has 0 aromatic heterocycles. The average molecular weight is 302 g/mol. The van der Waals surface area contributed by atoms with Crippen LogP contribution in [0.15, 0.2) is 12.1 Å². The van der Waals surface area contributed by atoms with E-state index in [4.69, 9.17) is 26.2 Å². The highest BCUT2D eigenvalue weighted by atomic mass is 35.5. The number of aryl methyl sites for hydroxylation is 2. The molecule has 0 fully saturated rings. The van der Waals surface area contributed by atoms with Gasteiger partial charge in [0.05, 0.1) is 19.8 Å². The fraction of sp³-hybridized carbons (Fsp3) is 0.500. The zero-order chi connectivity index (χ0) is 15.0. The lowest BCUT2D eigenvalue weighted by Gasteiger charge is -2.10. The summed E-state index contributed by atoms with van der Waals surface area (Å²) in [7, 11) is 0. The maximum Gasteiger partial charge on any atom is 0.258 e. The number of hydrogen-bond donors (Lipinski definition) is 2. The molecule has 0 heterocycles. The average Bonchev–Trinajstić information content (AvgIpc) is 2.42. The van der Waals surface area contributed by atoms with Crippen molar-refractivity contribution in [2.45, 2.75) is 13.8 Å². The molecule has 5 nitrogen and oxygen atoms in total. The smallest absolute Gasteiger partial charge is 0.258 e. The first kappa shape index (κ1) is 16.8. The fourth-order valence-corrected chi connectivity index (χ4v) is 1.73. The van der Waals surface area contributed by atoms with Crippen LogP contribution in [-0.2, 0) is 9.53 Å². The number of aliphatic hydroxyl groups is 1. The van der Waals surface area contributed by atoms with Gasteiger partial charge in [0.15, 0.2) is 6.61 Å². The van der Waals surface area contributed by atoms with E-state index in [1.165, 1.54) is 0 Å². The Labute approximate surface area is 123 Å². The van der Waals surface area contributed by atoms with Gasteiger partial charge in [-0.1, -0.05) is 11.6 Å². The van der Waals surface area contributed by atoms with Crippen molar-refractivity contribution in [1.29, 1.82) is 0 Å². The molecule has 0 atom stereocenters. The number of halogens is 1. The standard InChI is InChI=1S/C14H20ClNO4/c1-10-7-12(8-11(2)14(10)15)20-9-13(18)16-3-5-19-6-4-17/h7-8,17H,3-6,9H2,1-2H3,(H,16,18). The number of aliphatic hydroxyl groups excluding tert-OH is 1. The van der Waals surface area contributed by atoms with Crippen molar-refractivity contribution in [2.24, 2.45) is 0 Å². The molecule has 1 aromatic rings. The number of benzene rings is 1. The minimum Gasteiger partial charge on any atom is -0.484 e. The Morgan fingerprint density at radius 1 is 1.30 bits per heavy atom. The molecular weight excluding hydrogens is 282 g/mol. The van der Waals surface area contributed by atoms with Gasteiger partial charge in [0, 0.05) is 11.6 Å². The second-order valence-corrected chi connectivity index (χ2v) is 4.72. The van der Waals surface area contributed by atoms with Crippen LogP contribution in [0.5, 0.6) is 5.75 Å². The van der Waals surface area contributed by atoms with Crippen molar-refractivity contribution in [3.8, 4) is 5.75 Å². The SMILES string of the molecule is Cc1cc(OCC(=O)NCCOCCO)cc(C)c1Cl. The van der Waals surface area contributed by atoms with Crippen molar-refractivity contribution < 1.29 is 19.4 Å². The number of rotatable bonds is 8. The van der Waals surface area contributed by atoms with Crippen LogP contribution in [-0.4, -0.2) is 44.0 Å². The largest absolute Gasteiger partial charge is 0.484 e. The minimum atomic E-state index is -0.220. The van der Waals surface area contributed by atoms with Crippen LogP contribution >= 0.6 is 11.6 Å². The Hall–Kier alpha value is -1.30. The van der Waals surface area contributed by atoms with Gasteiger partial charge in [0.1, 0.15) is 5.75 Å². The molecule has 0 saturated heterocycles. The number of nitrogens with one attached hydrogen (secondary N) is 1. The number of carbonyl (C=O) groups excluding carboxylic acids is 1. The van der Waals surface area contributed by atoms with Crippen molar-refractivity contribution >= 4 is 17.5 Å². The van der Waals surface area contributed by atoms with Gasteiger partial charge in [-0.25, -0.2) is 0 Å². The lowest BCUT2D eigenvalue weighted by atomic mass is 10.1. The third-order valence-electron chi connectivity index (χ3n) is 2.58. The zero-order valence-electron chi connectivity index (χ0n) is 11.7. The molecule has 0 aliphatic heterocycles. The second-order valence-electron chi connectivity index (χ2n) is 4.35. The molecule has 0 spiro atoms. The normalized spacial score (nSPS) is 10.4. The van der Waals surface area contributed by atoms with Crippen LogP contribution in [0, 0.1) is 13.8 Å². The van der Waals surface area contributed by atoms with E-state index in [0.717, 1.165) is 11.1 Å². The summed E-state index contributed by atoms with van der Waals surface area (Å²) in [4.78, 5) is 11.5. The number of ether oxygens (including phenoxy) is 2. The van der Waals surface area contributed by atoms with Crippen molar-refractivity contribution in [1.82, 2.24) is 5.32 Å². The van der Waals surface area contributed by atoms with Gasteiger partial charge in [-0.2, -0.15) is 0 Å². The third kappa shape index (κ3) is 5.77. The van der Waals surface area contributed by atoms with Gasteiger partial charge >= 0.3 is 0 Å². The summed E-state index contributed by atoms with van der Waals surface area (Å²) in [5.74, 6) is 0.402. The van der Waals surface area contributed by atoms with Gasteiger partial charge in [-0.15, -0.1) is 0 Å². The van der Waals surface area contributed by atoms with Gasteiger partial charge in [0.2, 0.25) is 0 Å². The molecule has 6 heteroatoms. The van der Waals surface area contributed by atoms with E-state index in [1.54, 1.807) is 12.1 Å². The number of carbonyl (C=O) groups is 1. The van der Waals surface area contributed by atoms with E-state index in [2.05, 4.69) is 5.32 Å². The molecule has 1 amide bonds. The first-order valence-electron chi connectivity index (χ1n) is 6.39. The van der Waals surface area contributed by atoms with E-state index in [-0.39, 0.29) is 25.7 Å². The van der Waals surface area contributed by atoms with Crippen LogP contribution in [0.1, 0.15) is 11.1 Å². The predicted molar refractivity (Wildman–Crippen MR) is 77.3 cm³/mol. The Morgan fingerprint density at radius 3 is 2.55 bits per heavy atom. The van der Waals surface area contributed by atoms with E-state index >= 15 is 0 Å². The number of hydrogen-bond acceptors (Lipinski definition) is 4. The highest BCUT2D eigenvalue weighted by Crippen LogP contribution is 2.25. The van der Waals surface area contributed by atoms with E-state index < -0.39 is 0 Å². The van der Waals surface area contributed by atoms with Gasteiger partial charge in [0.25, 0.3) is 5.91 Å². The van der Waals surface area contributed by atoms with E-state index in [0.29, 0.717) is 23.9 Å². The maximum absolute atomic E-state index is 11.5. The summed E-state index contributed by atoms with van der Waals surface area (Å²) < 4.78 is 10.4. The topological polar surface area (TPSA) is 67.8 Å². The first-order valence-corrected chi connectivity index (χ1v) is 6.77. The lowest BCUT2D eigenvalue weighted by molar-refractivity contribution is -0.123. The molecule has 1 rings (SSSR count). The zero-order valence-corrected chi connectivity index (χ0v) is 12.5. The summed E-state index contributed by atoms with van der Waals surface area (Å²) in [6.07, 6.45) is 0. The lowest BCUT2D eigenvalue weighted by Crippen LogP contribution is -2.31. The van der Waals surface area contributed by atoms with Crippen LogP contribution in [0.3, 0.4) is 0 Å². The molecule has 0 unspecified atom stereocenters.